The molecule has 1 amide bonds. The summed E-state index contributed by atoms with van der Waals surface area (Å²) in [6.07, 6.45) is 7.55. The van der Waals surface area contributed by atoms with Crippen LogP contribution in [0.2, 0.25) is 0 Å². The quantitative estimate of drug-likeness (QED) is 0.873. The van der Waals surface area contributed by atoms with Crippen molar-refractivity contribution >= 4 is 11.9 Å². The molecule has 0 radical (unpaired) electrons. The number of carbonyl (C=O) groups excluding carboxylic acids is 1. The minimum atomic E-state index is 0.0314. The number of carbonyl (C=O) groups is 1. The molecule has 0 saturated carbocycles. The summed E-state index contributed by atoms with van der Waals surface area (Å²) in [5, 5.41) is 3.17. The maximum Gasteiger partial charge on any atom is 0.257 e. The lowest BCUT2D eigenvalue weighted by atomic mass is 9.99. The largest absolute Gasteiger partial charge is 0.454 e. The number of hydrogen-bond acceptors (Lipinski definition) is 6. The van der Waals surface area contributed by atoms with Crippen LogP contribution in [0.5, 0.6) is 11.5 Å². The van der Waals surface area contributed by atoms with Gasteiger partial charge in [0.2, 0.25) is 12.7 Å². The van der Waals surface area contributed by atoms with E-state index in [1.165, 1.54) is 6.42 Å². The third-order valence-corrected chi connectivity index (χ3v) is 5.15. The van der Waals surface area contributed by atoms with Gasteiger partial charge in [0.15, 0.2) is 11.5 Å². The summed E-state index contributed by atoms with van der Waals surface area (Å²) in [6, 6.07) is 6.13. The first kappa shape index (κ1) is 17.6. The van der Waals surface area contributed by atoms with E-state index >= 15 is 0 Å². The predicted octanol–water partition coefficient (Wildman–Crippen LogP) is 3.22. The lowest BCUT2D eigenvalue weighted by Gasteiger charge is -2.35. The zero-order valence-electron chi connectivity index (χ0n) is 15.5. The summed E-state index contributed by atoms with van der Waals surface area (Å²) >= 11 is 0. The first-order valence-corrected chi connectivity index (χ1v) is 9.50. The molecule has 1 fully saturated rings. The highest BCUT2D eigenvalue weighted by molar-refractivity contribution is 5.94. The molecule has 2 aliphatic heterocycles. The lowest BCUT2D eigenvalue weighted by molar-refractivity contribution is 0.0607. The molecular weight excluding hydrogens is 344 g/mol. The average Bonchev–Trinajstić information content (AvgIpc) is 3.20. The number of amides is 1. The van der Waals surface area contributed by atoms with Gasteiger partial charge in [0.1, 0.15) is 0 Å². The molecule has 3 heterocycles. The van der Waals surface area contributed by atoms with Crippen LogP contribution in [0.1, 0.15) is 48.5 Å². The van der Waals surface area contributed by atoms with Gasteiger partial charge in [-0.2, -0.15) is 0 Å². The molecule has 1 unspecified atom stereocenters. The van der Waals surface area contributed by atoms with E-state index in [-0.39, 0.29) is 12.7 Å². The number of hydrogen-bond donors (Lipinski definition) is 1. The number of benzene rings is 1. The second kappa shape index (κ2) is 7.82. The van der Waals surface area contributed by atoms with Gasteiger partial charge in [-0.3, -0.25) is 4.79 Å². The number of ether oxygens (including phenoxy) is 2. The van der Waals surface area contributed by atoms with Crippen LogP contribution in [-0.2, 0) is 6.54 Å². The Kier molecular flexibility index (Phi) is 5.09. The third kappa shape index (κ3) is 3.82. The monoisotopic (exact) mass is 368 g/mol. The first-order valence-electron chi connectivity index (χ1n) is 9.50. The average molecular weight is 368 g/mol. The fourth-order valence-corrected chi connectivity index (χ4v) is 3.62. The standard InChI is InChI=1S/C20H24N4O3/c1-2-16-5-3-4-8-24(16)19(25)15-11-22-20(23-12-15)21-10-14-6-7-17-18(9-14)27-13-26-17/h6-7,9,11-12,16H,2-5,8,10,13H2,1H3,(H,21,22,23). The highest BCUT2D eigenvalue weighted by Crippen LogP contribution is 2.32. The van der Waals surface area contributed by atoms with Crippen LogP contribution in [0, 0.1) is 0 Å². The second-order valence-electron chi connectivity index (χ2n) is 6.89. The Bertz CT molecular complexity index is 809. The minimum Gasteiger partial charge on any atom is -0.454 e. The highest BCUT2D eigenvalue weighted by atomic mass is 16.7. The van der Waals surface area contributed by atoms with E-state index in [9.17, 15) is 4.79 Å². The molecule has 0 aliphatic carbocycles. The van der Waals surface area contributed by atoms with E-state index in [0.717, 1.165) is 42.9 Å². The van der Waals surface area contributed by atoms with Gasteiger partial charge >= 0.3 is 0 Å². The number of likely N-dealkylation sites (tertiary alicyclic amines) is 1. The molecule has 0 bridgehead atoms. The molecule has 1 saturated heterocycles. The van der Waals surface area contributed by atoms with Crippen LogP contribution in [0.15, 0.2) is 30.6 Å². The third-order valence-electron chi connectivity index (χ3n) is 5.15. The molecule has 0 spiro atoms. The van der Waals surface area contributed by atoms with Crippen molar-refractivity contribution in [1.82, 2.24) is 14.9 Å². The first-order chi connectivity index (χ1) is 13.2. The van der Waals surface area contributed by atoms with Crippen molar-refractivity contribution < 1.29 is 14.3 Å². The summed E-state index contributed by atoms with van der Waals surface area (Å²) in [7, 11) is 0. The summed E-state index contributed by atoms with van der Waals surface area (Å²) in [5.74, 6) is 2.04. The Morgan fingerprint density at radius 2 is 2.04 bits per heavy atom. The number of fused-ring (bicyclic) bond motifs is 1. The van der Waals surface area contributed by atoms with Crippen molar-refractivity contribution in [2.45, 2.75) is 45.2 Å². The molecule has 2 aliphatic rings. The van der Waals surface area contributed by atoms with Gasteiger partial charge in [-0.15, -0.1) is 0 Å². The van der Waals surface area contributed by atoms with E-state index in [2.05, 4.69) is 22.2 Å². The van der Waals surface area contributed by atoms with Crippen molar-refractivity contribution in [2.75, 3.05) is 18.7 Å². The smallest absolute Gasteiger partial charge is 0.257 e. The number of rotatable bonds is 5. The molecule has 27 heavy (non-hydrogen) atoms. The summed E-state index contributed by atoms with van der Waals surface area (Å²) in [4.78, 5) is 23.4. The molecule has 7 heteroatoms. The van der Waals surface area contributed by atoms with Crippen LogP contribution in [0.25, 0.3) is 0 Å². The lowest BCUT2D eigenvalue weighted by Crippen LogP contribution is -2.43. The van der Waals surface area contributed by atoms with Gasteiger partial charge in [-0.05, 0) is 43.4 Å². The fraction of sp³-hybridized carbons (Fsp3) is 0.450. The van der Waals surface area contributed by atoms with Crippen LogP contribution in [0.3, 0.4) is 0 Å². The number of nitrogens with zero attached hydrogens (tertiary/aromatic N) is 3. The van der Waals surface area contributed by atoms with Crippen molar-refractivity contribution in [3.63, 3.8) is 0 Å². The number of piperidine rings is 1. The Hall–Kier alpha value is -2.83. The van der Waals surface area contributed by atoms with Gasteiger partial charge < -0.3 is 19.7 Å². The van der Waals surface area contributed by atoms with Gasteiger partial charge in [-0.25, -0.2) is 9.97 Å². The second-order valence-corrected chi connectivity index (χ2v) is 6.89. The van der Waals surface area contributed by atoms with Crippen molar-refractivity contribution in [3.05, 3.63) is 41.7 Å². The molecule has 1 atom stereocenters. The van der Waals surface area contributed by atoms with Crippen LogP contribution < -0.4 is 14.8 Å². The molecule has 1 N–H and O–H groups in total. The van der Waals surface area contributed by atoms with Crippen LogP contribution >= 0.6 is 0 Å². The molecule has 1 aromatic carbocycles. The number of aromatic nitrogens is 2. The predicted molar refractivity (Wildman–Crippen MR) is 101 cm³/mol. The number of anilines is 1. The zero-order chi connectivity index (χ0) is 18.6. The topological polar surface area (TPSA) is 76.6 Å². The van der Waals surface area contributed by atoms with Gasteiger partial charge in [0, 0.05) is 31.5 Å². The Labute approximate surface area is 158 Å². The van der Waals surface area contributed by atoms with Gasteiger partial charge in [-0.1, -0.05) is 13.0 Å². The Balaban J connectivity index is 1.38. The van der Waals surface area contributed by atoms with E-state index in [0.29, 0.717) is 24.1 Å². The summed E-state index contributed by atoms with van der Waals surface area (Å²) in [5.41, 5.74) is 1.59. The van der Waals surface area contributed by atoms with Crippen LogP contribution in [0.4, 0.5) is 5.95 Å². The van der Waals surface area contributed by atoms with E-state index in [1.807, 2.05) is 23.1 Å². The van der Waals surface area contributed by atoms with Gasteiger partial charge in [0.25, 0.3) is 5.91 Å². The van der Waals surface area contributed by atoms with E-state index in [1.54, 1.807) is 12.4 Å². The Morgan fingerprint density at radius 3 is 2.85 bits per heavy atom. The molecule has 4 rings (SSSR count). The van der Waals surface area contributed by atoms with Gasteiger partial charge in [0.05, 0.1) is 5.56 Å². The number of nitrogens with one attached hydrogen (secondary N) is 1. The molecule has 1 aromatic heterocycles. The molecule has 142 valence electrons. The minimum absolute atomic E-state index is 0.0314. The van der Waals surface area contributed by atoms with E-state index in [4.69, 9.17) is 9.47 Å². The molecule has 7 nitrogen and oxygen atoms in total. The van der Waals surface area contributed by atoms with Crippen molar-refractivity contribution in [3.8, 4) is 11.5 Å². The van der Waals surface area contributed by atoms with E-state index < -0.39 is 0 Å². The van der Waals surface area contributed by atoms with Crippen LogP contribution in [-0.4, -0.2) is 40.2 Å². The highest BCUT2D eigenvalue weighted by Gasteiger charge is 2.26. The normalized spacial score (nSPS) is 18.4. The van der Waals surface area contributed by atoms with Crippen molar-refractivity contribution in [1.29, 1.82) is 0 Å². The summed E-state index contributed by atoms with van der Waals surface area (Å²) in [6.45, 7) is 3.78. The summed E-state index contributed by atoms with van der Waals surface area (Å²) < 4.78 is 10.7. The molecule has 2 aromatic rings. The molecular formula is C20H24N4O3. The maximum absolute atomic E-state index is 12.8. The van der Waals surface area contributed by atoms with Crippen molar-refractivity contribution in [2.24, 2.45) is 0 Å². The zero-order valence-corrected chi connectivity index (χ0v) is 15.5. The SMILES string of the molecule is CCC1CCCCN1C(=O)c1cnc(NCc2ccc3c(c2)OCO3)nc1. The Morgan fingerprint density at radius 1 is 1.22 bits per heavy atom. The fourth-order valence-electron chi connectivity index (χ4n) is 3.62. The maximum atomic E-state index is 12.8.